The van der Waals surface area contributed by atoms with Crippen molar-refractivity contribution in [1.82, 2.24) is 0 Å². The van der Waals surface area contributed by atoms with E-state index in [4.69, 9.17) is 9.47 Å². The van der Waals surface area contributed by atoms with E-state index in [9.17, 15) is 5.11 Å². The Kier molecular flexibility index (Phi) is 2.03. The molecule has 5 rings (SSSR count). The van der Waals surface area contributed by atoms with E-state index in [-0.39, 0.29) is 0 Å². The van der Waals surface area contributed by atoms with E-state index in [0.29, 0.717) is 5.75 Å². The lowest BCUT2D eigenvalue weighted by Crippen LogP contribution is -2.30. The summed E-state index contributed by atoms with van der Waals surface area (Å²) in [7, 11) is 0. The van der Waals surface area contributed by atoms with E-state index in [1.165, 1.54) is 12.5 Å². The summed E-state index contributed by atoms with van der Waals surface area (Å²) in [6.07, 6.45) is 14.9. The minimum atomic E-state index is -0.847. The average Bonchev–Trinajstić information content (AvgIpc) is 3.16. The van der Waals surface area contributed by atoms with Gasteiger partial charge in [0.15, 0.2) is 0 Å². The monoisotopic (exact) mass is 288 g/mol. The van der Waals surface area contributed by atoms with Crippen LogP contribution in [-0.4, -0.2) is 10.9 Å². The first kappa shape index (κ1) is 11.7. The SMILES string of the molecule is Oc1cc2c(c3ccc4c(c13)C=CC1(C=4)OC=CO1)C=CC=2. The first-order valence-electron chi connectivity index (χ1n) is 7.16. The van der Waals surface area contributed by atoms with Crippen LogP contribution < -0.4 is 10.4 Å². The van der Waals surface area contributed by atoms with E-state index in [0.717, 1.165) is 32.3 Å². The van der Waals surface area contributed by atoms with E-state index in [1.54, 1.807) is 0 Å². The first-order chi connectivity index (χ1) is 10.8. The molecule has 1 aliphatic heterocycles. The number of benzene rings is 2. The summed E-state index contributed by atoms with van der Waals surface area (Å²) < 4.78 is 11.1. The number of phenolic OH excluding ortho intramolecular Hbond substituents is 1. The molecule has 0 radical (unpaired) electrons. The first-order valence-corrected chi connectivity index (χ1v) is 7.16. The average molecular weight is 288 g/mol. The van der Waals surface area contributed by atoms with E-state index < -0.39 is 5.79 Å². The molecule has 0 atom stereocenters. The second-order valence-corrected chi connectivity index (χ2v) is 5.62. The molecule has 0 saturated heterocycles. The number of allylic oxidation sites excluding steroid dienone is 1. The van der Waals surface area contributed by atoms with Crippen LogP contribution in [0.25, 0.3) is 35.1 Å². The number of fused-ring (bicyclic) bond motifs is 5. The van der Waals surface area contributed by atoms with Crippen molar-refractivity contribution in [2.75, 3.05) is 0 Å². The van der Waals surface area contributed by atoms with Gasteiger partial charge in [0.05, 0.1) is 0 Å². The van der Waals surface area contributed by atoms with Crippen LogP contribution in [0.15, 0.2) is 42.9 Å². The molecule has 0 saturated carbocycles. The zero-order chi connectivity index (χ0) is 14.7. The standard InChI is InChI=1S/C19H12O3/c20-17-10-12-2-1-3-14(12)16-5-4-13-11-19(21-8-9-22-19)7-6-15(13)18(16)17/h1-11,20H. The van der Waals surface area contributed by atoms with Gasteiger partial charge < -0.3 is 14.6 Å². The summed E-state index contributed by atoms with van der Waals surface area (Å²) in [5.41, 5.74) is 2.14. The zero-order valence-corrected chi connectivity index (χ0v) is 11.6. The topological polar surface area (TPSA) is 38.7 Å². The summed E-state index contributed by atoms with van der Waals surface area (Å²) in [5, 5.41) is 14.4. The highest BCUT2D eigenvalue weighted by atomic mass is 16.7. The Balaban J connectivity index is 1.88. The van der Waals surface area contributed by atoms with Gasteiger partial charge in [-0.2, -0.15) is 0 Å². The van der Waals surface area contributed by atoms with Crippen molar-refractivity contribution in [3.63, 3.8) is 0 Å². The highest BCUT2D eigenvalue weighted by molar-refractivity contribution is 6.02. The van der Waals surface area contributed by atoms with E-state index in [1.807, 2.05) is 48.6 Å². The Morgan fingerprint density at radius 2 is 1.82 bits per heavy atom. The molecule has 0 fully saturated rings. The maximum Gasteiger partial charge on any atom is 0.291 e. The molecule has 0 amide bonds. The van der Waals surface area contributed by atoms with Crippen molar-refractivity contribution >= 4 is 35.1 Å². The van der Waals surface area contributed by atoms with Crippen molar-refractivity contribution in [3.05, 3.63) is 64.4 Å². The zero-order valence-electron chi connectivity index (χ0n) is 11.6. The smallest absolute Gasteiger partial charge is 0.291 e. The van der Waals surface area contributed by atoms with Gasteiger partial charge in [-0.15, -0.1) is 0 Å². The van der Waals surface area contributed by atoms with Gasteiger partial charge in [-0.05, 0) is 39.1 Å². The molecule has 3 aliphatic rings. The van der Waals surface area contributed by atoms with Crippen molar-refractivity contribution < 1.29 is 14.6 Å². The summed E-state index contributed by atoms with van der Waals surface area (Å²) in [6, 6.07) is 5.90. The molecule has 2 aliphatic carbocycles. The second kappa shape index (κ2) is 3.83. The Hall–Kier alpha value is -2.94. The molecule has 1 N–H and O–H groups in total. The number of phenols is 1. The molecule has 3 heteroatoms. The lowest BCUT2D eigenvalue weighted by Gasteiger charge is -2.23. The minimum Gasteiger partial charge on any atom is -0.507 e. The van der Waals surface area contributed by atoms with Crippen LogP contribution in [0.4, 0.5) is 0 Å². The summed E-state index contributed by atoms with van der Waals surface area (Å²) in [4.78, 5) is 0. The highest BCUT2D eigenvalue weighted by Crippen LogP contribution is 2.33. The van der Waals surface area contributed by atoms with Crippen molar-refractivity contribution in [1.29, 1.82) is 0 Å². The fourth-order valence-electron chi connectivity index (χ4n) is 3.37. The van der Waals surface area contributed by atoms with Crippen LogP contribution >= 0.6 is 0 Å². The fourth-order valence-corrected chi connectivity index (χ4v) is 3.37. The lowest BCUT2D eigenvalue weighted by molar-refractivity contribution is -0.0412. The Bertz CT molecular complexity index is 1030. The van der Waals surface area contributed by atoms with Crippen molar-refractivity contribution in [2.24, 2.45) is 0 Å². The molecule has 0 aromatic heterocycles. The number of ether oxygens (including phenoxy) is 2. The largest absolute Gasteiger partial charge is 0.507 e. The molecule has 2 aromatic rings. The quantitative estimate of drug-likeness (QED) is 0.809. The molecular weight excluding hydrogens is 276 g/mol. The molecule has 106 valence electrons. The van der Waals surface area contributed by atoms with Gasteiger partial charge in [0.2, 0.25) is 0 Å². The molecule has 22 heavy (non-hydrogen) atoms. The van der Waals surface area contributed by atoms with Crippen molar-refractivity contribution in [2.45, 2.75) is 5.79 Å². The molecular formula is C19H12O3. The molecule has 1 spiro atoms. The Morgan fingerprint density at radius 3 is 2.68 bits per heavy atom. The predicted octanol–water partition coefficient (Wildman–Crippen LogP) is 2.37. The third kappa shape index (κ3) is 1.40. The predicted molar refractivity (Wildman–Crippen MR) is 85.9 cm³/mol. The minimum absolute atomic E-state index is 0.297. The van der Waals surface area contributed by atoms with Crippen LogP contribution in [0, 0.1) is 0 Å². The van der Waals surface area contributed by atoms with Gasteiger partial charge in [-0.3, -0.25) is 0 Å². The molecule has 1 heterocycles. The van der Waals surface area contributed by atoms with Gasteiger partial charge in [0, 0.05) is 17.5 Å². The van der Waals surface area contributed by atoms with E-state index in [2.05, 4.69) is 6.08 Å². The van der Waals surface area contributed by atoms with Crippen LogP contribution in [0.3, 0.4) is 0 Å². The van der Waals surface area contributed by atoms with Crippen LogP contribution in [-0.2, 0) is 9.47 Å². The summed E-state index contributed by atoms with van der Waals surface area (Å²) >= 11 is 0. The molecule has 2 aromatic carbocycles. The molecule has 3 nitrogen and oxygen atoms in total. The normalized spacial score (nSPS) is 18.5. The highest BCUT2D eigenvalue weighted by Gasteiger charge is 2.32. The maximum absolute atomic E-state index is 10.5. The van der Waals surface area contributed by atoms with Crippen molar-refractivity contribution in [3.8, 4) is 5.75 Å². The van der Waals surface area contributed by atoms with Gasteiger partial charge in [0.25, 0.3) is 5.79 Å². The second-order valence-electron chi connectivity index (χ2n) is 5.62. The van der Waals surface area contributed by atoms with Gasteiger partial charge in [-0.25, -0.2) is 0 Å². The van der Waals surface area contributed by atoms with Crippen LogP contribution in [0.1, 0.15) is 11.1 Å². The lowest BCUT2D eigenvalue weighted by atomic mass is 9.93. The number of hydrogen-bond acceptors (Lipinski definition) is 3. The van der Waals surface area contributed by atoms with Gasteiger partial charge >= 0.3 is 0 Å². The number of hydrogen-bond donors (Lipinski definition) is 1. The number of aromatic hydroxyl groups is 1. The third-order valence-corrected chi connectivity index (χ3v) is 4.37. The Morgan fingerprint density at radius 1 is 0.955 bits per heavy atom. The third-order valence-electron chi connectivity index (χ3n) is 4.37. The van der Waals surface area contributed by atoms with Gasteiger partial charge in [0.1, 0.15) is 18.3 Å². The summed E-state index contributed by atoms with van der Waals surface area (Å²) in [5.74, 6) is -0.549. The van der Waals surface area contributed by atoms with Crippen LogP contribution in [0.2, 0.25) is 0 Å². The van der Waals surface area contributed by atoms with Gasteiger partial charge in [-0.1, -0.05) is 30.4 Å². The molecule has 0 unspecified atom stereocenters. The van der Waals surface area contributed by atoms with E-state index >= 15 is 0 Å². The Labute approximate surface area is 126 Å². The summed E-state index contributed by atoms with van der Waals surface area (Å²) in [6.45, 7) is 0. The maximum atomic E-state index is 10.5. The molecule has 0 bridgehead atoms. The number of rotatable bonds is 0. The van der Waals surface area contributed by atoms with Crippen LogP contribution in [0.5, 0.6) is 5.75 Å². The fraction of sp³-hybridized carbons (Fsp3) is 0.0526.